The Labute approximate surface area is 112 Å². The maximum Gasteiger partial charge on any atom is 0.332 e. The highest BCUT2D eigenvalue weighted by Crippen LogP contribution is 2.32. The topological polar surface area (TPSA) is 65.0 Å². The molecule has 104 valence electrons. The number of aliphatic carboxylic acids is 1. The van der Waals surface area contributed by atoms with Gasteiger partial charge < -0.3 is 19.3 Å². The number of hydrogen-bond donors (Lipinski definition) is 1. The zero-order chi connectivity index (χ0) is 13.8. The Morgan fingerprint density at radius 3 is 2.79 bits per heavy atom. The number of carboxylic acid groups (broad SMARTS) is 1. The molecule has 0 aliphatic carbocycles. The fraction of sp³-hybridized carbons (Fsp3) is 0.500. The first-order chi connectivity index (χ1) is 9.06. The third-order valence-electron chi connectivity index (χ3n) is 2.85. The van der Waals surface area contributed by atoms with Crippen LogP contribution in [0.3, 0.4) is 0 Å². The van der Waals surface area contributed by atoms with E-state index in [9.17, 15) is 4.79 Å². The molecule has 0 bridgehead atoms. The zero-order valence-electron chi connectivity index (χ0n) is 11.1. The molecule has 1 aromatic carbocycles. The van der Waals surface area contributed by atoms with Gasteiger partial charge in [0.25, 0.3) is 0 Å². The third-order valence-corrected chi connectivity index (χ3v) is 2.85. The van der Waals surface area contributed by atoms with Crippen LogP contribution in [0.25, 0.3) is 0 Å². The molecular weight excluding hydrogens is 248 g/mol. The van der Waals surface area contributed by atoms with Gasteiger partial charge in [-0.25, -0.2) is 4.79 Å². The Morgan fingerprint density at radius 2 is 2.11 bits per heavy atom. The maximum atomic E-state index is 11.1. The minimum Gasteiger partial charge on any atom is -0.479 e. The minimum atomic E-state index is -0.922. The average Bonchev–Trinajstić information content (AvgIpc) is 2.80. The number of benzene rings is 1. The average molecular weight is 266 g/mol. The van der Waals surface area contributed by atoms with E-state index in [1.807, 2.05) is 26.0 Å². The van der Waals surface area contributed by atoms with E-state index in [4.69, 9.17) is 19.3 Å². The zero-order valence-corrected chi connectivity index (χ0v) is 11.1. The molecule has 1 aliphatic rings. The highest BCUT2D eigenvalue weighted by Gasteiger charge is 2.20. The van der Waals surface area contributed by atoms with Gasteiger partial charge in [0, 0.05) is 0 Å². The highest BCUT2D eigenvalue weighted by molar-refractivity contribution is 5.72. The minimum absolute atomic E-state index is 0.227. The van der Waals surface area contributed by atoms with Crippen molar-refractivity contribution in [2.75, 3.05) is 6.79 Å². The summed E-state index contributed by atoms with van der Waals surface area (Å²) < 4.78 is 15.9. The SMILES string of the molecule is CC(C)C[C@@H](OCc1ccc2c(c1)OCO2)C(=O)O. The van der Waals surface area contributed by atoms with Crippen LogP contribution in [0.1, 0.15) is 25.8 Å². The summed E-state index contributed by atoms with van der Waals surface area (Å²) >= 11 is 0. The first-order valence-corrected chi connectivity index (χ1v) is 6.29. The molecule has 0 saturated heterocycles. The molecule has 0 radical (unpaired) electrons. The Bertz CT molecular complexity index is 455. The van der Waals surface area contributed by atoms with Gasteiger partial charge in [-0.15, -0.1) is 0 Å². The van der Waals surface area contributed by atoms with Gasteiger partial charge in [0.1, 0.15) is 0 Å². The van der Waals surface area contributed by atoms with Gasteiger partial charge in [-0.3, -0.25) is 0 Å². The number of carbonyl (C=O) groups is 1. The van der Waals surface area contributed by atoms with Gasteiger partial charge in [-0.2, -0.15) is 0 Å². The van der Waals surface area contributed by atoms with Gasteiger partial charge in [-0.05, 0) is 30.0 Å². The van der Waals surface area contributed by atoms with E-state index in [1.54, 1.807) is 6.07 Å². The van der Waals surface area contributed by atoms with Crippen molar-refractivity contribution in [3.63, 3.8) is 0 Å². The summed E-state index contributed by atoms with van der Waals surface area (Å²) in [5, 5.41) is 9.09. The second-order valence-corrected chi connectivity index (χ2v) is 4.96. The predicted octanol–water partition coefficient (Wildman–Crippen LogP) is 2.43. The van der Waals surface area contributed by atoms with Crippen LogP contribution in [0.15, 0.2) is 18.2 Å². The molecule has 1 heterocycles. The molecule has 0 spiro atoms. The van der Waals surface area contributed by atoms with Crippen LogP contribution < -0.4 is 9.47 Å². The van der Waals surface area contributed by atoms with E-state index in [0.29, 0.717) is 17.9 Å². The number of fused-ring (bicyclic) bond motifs is 1. The molecule has 5 nitrogen and oxygen atoms in total. The van der Waals surface area contributed by atoms with Crippen LogP contribution in [-0.4, -0.2) is 24.0 Å². The lowest BCUT2D eigenvalue weighted by Gasteiger charge is -2.15. The molecular formula is C14H18O5. The lowest BCUT2D eigenvalue weighted by molar-refractivity contribution is -0.152. The largest absolute Gasteiger partial charge is 0.479 e. The number of hydrogen-bond acceptors (Lipinski definition) is 4. The van der Waals surface area contributed by atoms with Gasteiger partial charge in [0.05, 0.1) is 6.61 Å². The molecule has 1 aromatic rings. The first kappa shape index (κ1) is 13.7. The maximum absolute atomic E-state index is 11.1. The number of carboxylic acids is 1. The summed E-state index contributed by atoms with van der Waals surface area (Å²) in [6.07, 6.45) is -0.273. The van der Waals surface area contributed by atoms with Crippen LogP contribution in [0.5, 0.6) is 11.5 Å². The van der Waals surface area contributed by atoms with Crippen LogP contribution in [0.4, 0.5) is 0 Å². The third kappa shape index (κ3) is 3.61. The standard InChI is InChI=1S/C14H18O5/c1-9(2)5-13(14(15)16)17-7-10-3-4-11-12(6-10)19-8-18-11/h3-4,6,9,13H,5,7-8H2,1-2H3,(H,15,16)/t13-/m1/s1. The van der Waals surface area contributed by atoms with Crippen LogP contribution >= 0.6 is 0 Å². The Balaban J connectivity index is 1.95. The lowest BCUT2D eigenvalue weighted by atomic mass is 10.1. The molecule has 0 saturated carbocycles. The second kappa shape index (κ2) is 5.93. The summed E-state index contributed by atoms with van der Waals surface area (Å²) in [5.41, 5.74) is 0.874. The van der Waals surface area contributed by atoms with Gasteiger partial charge in [0.15, 0.2) is 17.6 Å². The fourth-order valence-electron chi connectivity index (χ4n) is 1.90. The first-order valence-electron chi connectivity index (χ1n) is 6.29. The van der Waals surface area contributed by atoms with Crippen LogP contribution in [0, 0.1) is 5.92 Å². The Hall–Kier alpha value is -1.75. The van der Waals surface area contributed by atoms with E-state index in [0.717, 1.165) is 5.56 Å². The molecule has 0 aromatic heterocycles. The van der Waals surface area contributed by atoms with Crippen molar-refractivity contribution in [3.05, 3.63) is 23.8 Å². The lowest BCUT2D eigenvalue weighted by Crippen LogP contribution is -2.25. The van der Waals surface area contributed by atoms with E-state index in [-0.39, 0.29) is 19.3 Å². The summed E-state index contributed by atoms with van der Waals surface area (Å²) in [4.78, 5) is 11.1. The van der Waals surface area contributed by atoms with Crippen molar-refractivity contribution in [2.24, 2.45) is 5.92 Å². The fourth-order valence-corrected chi connectivity index (χ4v) is 1.90. The summed E-state index contributed by atoms with van der Waals surface area (Å²) in [6.45, 7) is 4.42. The Kier molecular flexibility index (Phi) is 4.27. The molecule has 0 fully saturated rings. The van der Waals surface area contributed by atoms with E-state index < -0.39 is 12.1 Å². The van der Waals surface area contributed by atoms with E-state index in [1.165, 1.54) is 0 Å². The van der Waals surface area contributed by atoms with Gasteiger partial charge in [-0.1, -0.05) is 19.9 Å². The van der Waals surface area contributed by atoms with Crippen LogP contribution in [-0.2, 0) is 16.1 Å². The second-order valence-electron chi connectivity index (χ2n) is 4.96. The summed E-state index contributed by atoms with van der Waals surface area (Å²) in [7, 11) is 0. The van der Waals surface area contributed by atoms with E-state index >= 15 is 0 Å². The predicted molar refractivity (Wildman–Crippen MR) is 68.2 cm³/mol. The normalized spacial score (nSPS) is 14.7. The smallest absolute Gasteiger partial charge is 0.332 e. The molecule has 2 rings (SSSR count). The van der Waals surface area contributed by atoms with Crippen LogP contribution in [0.2, 0.25) is 0 Å². The summed E-state index contributed by atoms with van der Waals surface area (Å²) in [6, 6.07) is 5.47. The van der Waals surface area contributed by atoms with Crippen molar-refractivity contribution in [2.45, 2.75) is 33.0 Å². The molecule has 1 atom stereocenters. The highest BCUT2D eigenvalue weighted by atomic mass is 16.7. The molecule has 19 heavy (non-hydrogen) atoms. The van der Waals surface area contributed by atoms with Crippen molar-refractivity contribution in [3.8, 4) is 11.5 Å². The van der Waals surface area contributed by atoms with Gasteiger partial charge >= 0.3 is 5.97 Å². The Morgan fingerprint density at radius 1 is 1.37 bits per heavy atom. The number of rotatable bonds is 6. The van der Waals surface area contributed by atoms with Crippen molar-refractivity contribution in [1.29, 1.82) is 0 Å². The van der Waals surface area contributed by atoms with Crippen molar-refractivity contribution >= 4 is 5.97 Å². The quantitative estimate of drug-likeness (QED) is 0.856. The summed E-state index contributed by atoms with van der Waals surface area (Å²) in [5.74, 6) is 0.741. The monoisotopic (exact) mass is 266 g/mol. The molecule has 1 aliphatic heterocycles. The van der Waals surface area contributed by atoms with Crippen molar-refractivity contribution < 1.29 is 24.1 Å². The molecule has 1 N–H and O–H groups in total. The van der Waals surface area contributed by atoms with Crippen molar-refractivity contribution in [1.82, 2.24) is 0 Å². The van der Waals surface area contributed by atoms with Gasteiger partial charge in [0.2, 0.25) is 6.79 Å². The molecule has 0 amide bonds. The molecule has 0 unspecified atom stereocenters. The van der Waals surface area contributed by atoms with E-state index in [2.05, 4.69) is 0 Å². The molecule has 5 heteroatoms. The number of ether oxygens (including phenoxy) is 3.